The normalized spacial score (nSPS) is 16.0. The van der Waals surface area contributed by atoms with Crippen molar-refractivity contribution < 1.29 is 14.8 Å². The summed E-state index contributed by atoms with van der Waals surface area (Å²) in [6, 6.07) is 4.35. The Morgan fingerprint density at radius 2 is 2.00 bits per heavy atom. The molecule has 1 fully saturated rings. The first-order chi connectivity index (χ1) is 10.0. The lowest BCUT2D eigenvalue weighted by Gasteiger charge is -2.34. The number of benzene rings is 1. The van der Waals surface area contributed by atoms with Crippen molar-refractivity contribution in [1.29, 1.82) is 0 Å². The molecule has 0 unspecified atom stereocenters. The van der Waals surface area contributed by atoms with Crippen molar-refractivity contribution in [3.05, 3.63) is 38.9 Å². The molecule has 1 aromatic carbocycles. The maximum absolute atomic E-state index is 12.4. The van der Waals surface area contributed by atoms with Crippen molar-refractivity contribution in [2.24, 2.45) is 0 Å². The smallest absolute Gasteiger partial charge is 0.300 e. The zero-order chi connectivity index (χ0) is 15.4. The lowest BCUT2D eigenvalue weighted by atomic mass is 10.1. The minimum atomic E-state index is -0.627. The number of piperazine rings is 1. The van der Waals surface area contributed by atoms with E-state index in [4.69, 9.17) is 16.7 Å². The van der Waals surface area contributed by atoms with E-state index in [0.717, 1.165) is 0 Å². The number of aliphatic hydroxyl groups excluding tert-OH is 1. The van der Waals surface area contributed by atoms with E-state index in [1.807, 2.05) is 4.90 Å². The van der Waals surface area contributed by atoms with Crippen molar-refractivity contribution in [2.45, 2.75) is 0 Å². The van der Waals surface area contributed by atoms with Crippen LogP contribution >= 0.6 is 11.6 Å². The van der Waals surface area contributed by atoms with Crippen LogP contribution in [0.5, 0.6) is 0 Å². The lowest BCUT2D eigenvalue weighted by Crippen LogP contribution is -2.49. The number of amides is 1. The molecular weight excluding hydrogens is 298 g/mol. The first-order valence-electron chi connectivity index (χ1n) is 6.60. The van der Waals surface area contributed by atoms with Crippen molar-refractivity contribution in [3.8, 4) is 0 Å². The van der Waals surface area contributed by atoms with E-state index in [2.05, 4.69) is 0 Å². The van der Waals surface area contributed by atoms with Gasteiger partial charge >= 0.3 is 5.69 Å². The summed E-state index contributed by atoms with van der Waals surface area (Å²) in [7, 11) is 0. The monoisotopic (exact) mass is 313 g/mol. The molecule has 1 aliphatic rings. The molecule has 2 rings (SSSR count). The first-order valence-corrected chi connectivity index (χ1v) is 6.97. The molecule has 8 heteroatoms. The van der Waals surface area contributed by atoms with Gasteiger partial charge in [-0.25, -0.2) is 0 Å². The maximum atomic E-state index is 12.4. The van der Waals surface area contributed by atoms with Crippen LogP contribution in [0.1, 0.15) is 10.4 Å². The Balaban J connectivity index is 2.15. The van der Waals surface area contributed by atoms with Gasteiger partial charge in [-0.3, -0.25) is 19.8 Å². The number of nitro groups is 1. The minimum Gasteiger partial charge on any atom is -0.395 e. The van der Waals surface area contributed by atoms with Crippen molar-refractivity contribution in [2.75, 3.05) is 39.3 Å². The highest BCUT2D eigenvalue weighted by molar-refractivity contribution is 6.33. The second-order valence-electron chi connectivity index (χ2n) is 4.75. The summed E-state index contributed by atoms with van der Waals surface area (Å²) in [4.78, 5) is 26.5. The Morgan fingerprint density at radius 3 is 2.57 bits per heavy atom. The van der Waals surface area contributed by atoms with Gasteiger partial charge in [0.25, 0.3) is 5.91 Å². The van der Waals surface area contributed by atoms with Crippen LogP contribution in [0.3, 0.4) is 0 Å². The average Bonchev–Trinajstić information content (AvgIpc) is 2.47. The molecule has 0 spiro atoms. The third-order valence-corrected chi connectivity index (χ3v) is 3.78. The molecule has 1 aromatic rings. The molecule has 1 aliphatic heterocycles. The van der Waals surface area contributed by atoms with Crippen LogP contribution in [-0.4, -0.2) is 65.1 Å². The quantitative estimate of drug-likeness (QED) is 0.662. The van der Waals surface area contributed by atoms with Gasteiger partial charge in [-0.05, 0) is 12.1 Å². The van der Waals surface area contributed by atoms with E-state index in [9.17, 15) is 14.9 Å². The number of hydrogen-bond acceptors (Lipinski definition) is 5. The van der Waals surface area contributed by atoms with Crippen molar-refractivity contribution in [3.63, 3.8) is 0 Å². The van der Waals surface area contributed by atoms with E-state index in [0.29, 0.717) is 32.7 Å². The Kier molecular flexibility index (Phi) is 5.11. The molecule has 1 saturated heterocycles. The first kappa shape index (κ1) is 15.7. The molecule has 1 N–H and O–H groups in total. The van der Waals surface area contributed by atoms with Gasteiger partial charge in [-0.15, -0.1) is 0 Å². The molecule has 1 amide bonds. The third kappa shape index (κ3) is 3.49. The number of hydrogen-bond donors (Lipinski definition) is 1. The zero-order valence-corrected chi connectivity index (χ0v) is 12.1. The number of carbonyl (C=O) groups excluding carboxylic acids is 1. The van der Waals surface area contributed by atoms with Crippen LogP contribution in [0, 0.1) is 10.1 Å². The van der Waals surface area contributed by atoms with Gasteiger partial charge in [0.2, 0.25) is 0 Å². The van der Waals surface area contributed by atoms with Crippen LogP contribution in [0.4, 0.5) is 5.69 Å². The van der Waals surface area contributed by atoms with Gasteiger partial charge in [0.1, 0.15) is 10.6 Å². The number of para-hydroxylation sites is 1. The fourth-order valence-corrected chi connectivity index (χ4v) is 2.60. The van der Waals surface area contributed by atoms with E-state index >= 15 is 0 Å². The molecule has 0 bridgehead atoms. The molecule has 114 valence electrons. The molecule has 0 radical (unpaired) electrons. The molecule has 7 nitrogen and oxygen atoms in total. The average molecular weight is 314 g/mol. The highest BCUT2D eigenvalue weighted by atomic mass is 35.5. The summed E-state index contributed by atoms with van der Waals surface area (Å²) in [6.45, 7) is 2.87. The van der Waals surface area contributed by atoms with Crippen molar-refractivity contribution >= 4 is 23.2 Å². The van der Waals surface area contributed by atoms with Crippen molar-refractivity contribution in [1.82, 2.24) is 9.80 Å². The second-order valence-corrected chi connectivity index (χ2v) is 5.16. The van der Waals surface area contributed by atoms with Crippen LogP contribution in [-0.2, 0) is 0 Å². The van der Waals surface area contributed by atoms with Gasteiger partial charge in [0, 0.05) is 32.7 Å². The number of halogens is 1. The number of aliphatic hydroxyl groups is 1. The number of nitro benzene ring substituents is 1. The third-order valence-electron chi connectivity index (χ3n) is 3.48. The van der Waals surface area contributed by atoms with Gasteiger partial charge in [-0.2, -0.15) is 0 Å². The Morgan fingerprint density at radius 1 is 1.33 bits per heavy atom. The van der Waals surface area contributed by atoms with Gasteiger partial charge in [0.15, 0.2) is 0 Å². The van der Waals surface area contributed by atoms with Gasteiger partial charge in [0.05, 0.1) is 11.5 Å². The summed E-state index contributed by atoms with van der Waals surface area (Å²) in [5, 5.41) is 19.9. The molecule has 1 heterocycles. The standard InChI is InChI=1S/C13H16ClN3O4/c14-11-3-1-2-10(12(11)17(20)21)13(19)16-6-4-15(5-7-16)8-9-18/h1-3,18H,4-9H2. The van der Waals surface area contributed by atoms with Gasteiger partial charge < -0.3 is 10.0 Å². The highest BCUT2D eigenvalue weighted by Gasteiger charge is 2.29. The van der Waals surface area contributed by atoms with Crippen LogP contribution < -0.4 is 0 Å². The summed E-state index contributed by atoms with van der Waals surface area (Å²) >= 11 is 5.82. The Bertz CT molecular complexity index is 544. The van der Waals surface area contributed by atoms with Gasteiger partial charge in [-0.1, -0.05) is 17.7 Å². The van der Waals surface area contributed by atoms with E-state index < -0.39 is 4.92 Å². The van der Waals surface area contributed by atoms with E-state index in [-0.39, 0.29) is 28.8 Å². The SMILES string of the molecule is O=C(c1cccc(Cl)c1[N+](=O)[O-])N1CCN(CCO)CC1. The summed E-state index contributed by atoms with van der Waals surface area (Å²) in [6.07, 6.45) is 0. The number of rotatable bonds is 4. The Hall–Kier alpha value is -1.70. The van der Waals surface area contributed by atoms with Crippen LogP contribution in [0.2, 0.25) is 5.02 Å². The minimum absolute atomic E-state index is 0.0168. The number of carbonyl (C=O) groups is 1. The molecule has 0 saturated carbocycles. The van der Waals surface area contributed by atoms with Crippen LogP contribution in [0.15, 0.2) is 18.2 Å². The second kappa shape index (κ2) is 6.84. The Labute approximate surface area is 126 Å². The largest absolute Gasteiger partial charge is 0.395 e. The summed E-state index contributed by atoms with van der Waals surface area (Å²) in [5.74, 6) is -0.382. The molecule has 0 aromatic heterocycles. The molecule has 0 aliphatic carbocycles. The fourth-order valence-electron chi connectivity index (χ4n) is 2.36. The lowest BCUT2D eigenvalue weighted by molar-refractivity contribution is -0.385. The summed E-state index contributed by atoms with van der Waals surface area (Å²) < 4.78 is 0. The highest BCUT2D eigenvalue weighted by Crippen LogP contribution is 2.29. The topological polar surface area (TPSA) is 86.9 Å². The predicted octanol–water partition coefficient (Wildman–Crippen LogP) is 0.998. The van der Waals surface area contributed by atoms with E-state index in [1.165, 1.54) is 18.2 Å². The molecule has 0 atom stereocenters. The predicted molar refractivity (Wildman–Crippen MR) is 77.5 cm³/mol. The number of nitrogens with zero attached hydrogens (tertiary/aromatic N) is 3. The van der Waals surface area contributed by atoms with Crippen LogP contribution in [0.25, 0.3) is 0 Å². The summed E-state index contributed by atoms with van der Waals surface area (Å²) in [5.41, 5.74) is -0.329. The molecular formula is C13H16ClN3O4. The fraction of sp³-hybridized carbons (Fsp3) is 0.462. The number of β-amino-alcohol motifs (C(OH)–C–C–N with tert-alkyl or cyclic N) is 1. The zero-order valence-electron chi connectivity index (χ0n) is 11.4. The van der Waals surface area contributed by atoms with E-state index in [1.54, 1.807) is 4.90 Å². The molecule has 21 heavy (non-hydrogen) atoms. The maximum Gasteiger partial charge on any atom is 0.300 e.